The topological polar surface area (TPSA) is 98.1 Å². The summed E-state index contributed by atoms with van der Waals surface area (Å²) in [5.41, 5.74) is 0.805. The molecule has 0 atom stereocenters. The van der Waals surface area contributed by atoms with Crippen molar-refractivity contribution in [1.82, 2.24) is 8.98 Å². The largest absolute Gasteiger partial charge is 0.448 e. The number of hydrazine groups is 1. The standard InChI is InChI=1S/C22H21N3O6S/c1-3-30-21(26)23-15-14-18-17-12-8-9-13-19(17)25(20(18)24(23)22(27)31-4-2)32(28,29)16-10-6-5-7-11-16/h5-15H,3-4H2,1-2H3. The average Bonchev–Trinajstić information content (AvgIpc) is 3.14. The van der Waals surface area contributed by atoms with Crippen molar-refractivity contribution in [2.45, 2.75) is 18.7 Å². The maximum atomic E-state index is 13.7. The van der Waals surface area contributed by atoms with Crippen LogP contribution in [0, 0.1) is 0 Å². The van der Waals surface area contributed by atoms with Crippen LogP contribution >= 0.6 is 0 Å². The summed E-state index contributed by atoms with van der Waals surface area (Å²) in [6, 6.07) is 14.7. The van der Waals surface area contributed by atoms with E-state index in [1.807, 2.05) is 0 Å². The number of anilines is 1. The lowest BCUT2D eigenvalue weighted by Gasteiger charge is -2.33. The van der Waals surface area contributed by atoms with Crippen molar-refractivity contribution in [3.63, 3.8) is 0 Å². The monoisotopic (exact) mass is 455 g/mol. The Kier molecular flexibility index (Phi) is 5.62. The molecule has 166 valence electrons. The lowest BCUT2D eigenvalue weighted by Crippen LogP contribution is -2.50. The van der Waals surface area contributed by atoms with E-state index < -0.39 is 22.2 Å². The summed E-state index contributed by atoms with van der Waals surface area (Å²) in [6.45, 7) is 3.33. The van der Waals surface area contributed by atoms with Crippen molar-refractivity contribution >= 4 is 45.0 Å². The van der Waals surface area contributed by atoms with Gasteiger partial charge in [0, 0.05) is 17.1 Å². The normalized spacial score (nSPS) is 13.2. The highest BCUT2D eigenvalue weighted by Gasteiger charge is 2.39. The van der Waals surface area contributed by atoms with Crippen molar-refractivity contribution in [3.8, 4) is 0 Å². The predicted octanol–water partition coefficient (Wildman–Crippen LogP) is 4.20. The molecule has 2 amide bonds. The van der Waals surface area contributed by atoms with E-state index in [2.05, 4.69) is 0 Å². The van der Waals surface area contributed by atoms with E-state index >= 15 is 0 Å². The number of nitrogens with zero attached hydrogens (tertiary/aromatic N) is 3. The van der Waals surface area contributed by atoms with Gasteiger partial charge in [0.25, 0.3) is 10.0 Å². The Morgan fingerprint density at radius 2 is 1.50 bits per heavy atom. The van der Waals surface area contributed by atoms with E-state index in [-0.39, 0.29) is 23.9 Å². The number of benzene rings is 2. The Hall–Kier alpha value is -3.79. The van der Waals surface area contributed by atoms with Crippen molar-refractivity contribution < 1.29 is 27.5 Å². The first-order valence-electron chi connectivity index (χ1n) is 9.96. The smallest absolute Gasteiger partial charge is 0.435 e. The van der Waals surface area contributed by atoms with Gasteiger partial charge in [-0.15, -0.1) is 0 Å². The van der Waals surface area contributed by atoms with Gasteiger partial charge in [-0.1, -0.05) is 36.4 Å². The lowest BCUT2D eigenvalue weighted by atomic mass is 10.1. The van der Waals surface area contributed by atoms with Gasteiger partial charge >= 0.3 is 12.2 Å². The quantitative estimate of drug-likeness (QED) is 0.585. The molecule has 0 radical (unpaired) electrons. The fraction of sp³-hybridized carbons (Fsp3) is 0.182. The SMILES string of the molecule is CCOC(=O)N1C=Cc2c(n(S(=O)(=O)c3ccccc3)c3ccccc23)N1C(=O)OCC. The van der Waals surface area contributed by atoms with Crippen LogP contribution in [0.5, 0.6) is 0 Å². The zero-order valence-electron chi connectivity index (χ0n) is 17.5. The molecule has 10 heteroatoms. The van der Waals surface area contributed by atoms with Crippen molar-refractivity contribution in [2.24, 2.45) is 0 Å². The number of amides is 2. The van der Waals surface area contributed by atoms with Crippen molar-refractivity contribution in [1.29, 1.82) is 0 Å². The van der Waals surface area contributed by atoms with Crippen LogP contribution in [0.2, 0.25) is 0 Å². The molecule has 9 nitrogen and oxygen atoms in total. The molecule has 32 heavy (non-hydrogen) atoms. The number of para-hydroxylation sites is 1. The molecule has 1 aromatic heterocycles. The van der Waals surface area contributed by atoms with E-state index in [0.717, 1.165) is 14.0 Å². The van der Waals surface area contributed by atoms with Gasteiger partial charge in [-0.2, -0.15) is 10.0 Å². The molecule has 1 aliphatic heterocycles. The summed E-state index contributed by atoms with van der Waals surface area (Å²) in [6.07, 6.45) is 1.15. The van der Waals surface area contributed by atoms with Gasteiger partial charge in [0.2, 0.25) is 0 Å². The Labute approximate surface area is 185 Å². The summed E-state index contributed by atoms with van der Waals surface area (Å²) in [5, 5.41) is 2.38. The van der Waals surface area contributed by atoms with Crippen LogP contribution in [-0.2, 0) is 19.5 Å². The molecule has 0 spiro atoms. The molecule has 0 fully saturated rings. The molecule has 3 aromatic rings. The summed E-state index contributed by atoms with van der Waals surface area (Å²) < 4.78 is 38.8. The second-order valence-corrected chi connectivity index (χ2v) is 8.49. The van der Waals surface area contributed by atoms with Gasteiger partial charge in [0.1, 0.15) is 0 Å². The van der Waals surface area contributed by atoms with E-state index in [1.54, 1.807) is 62.4 Å². The molecule has 4 rings (SSSR count). The Balaban J connectivity index is 2.05. The minimum absolute atomic E-state index is 0.0245. The first kappa shape index (κ1) is 21.4. The Morgan fingerprint density at radius 3 is 2.19 bits per heavy atom. The third kappa shape index (κ3) is 3.38. The van der Waals surface area contributed by atoms with Crippen LogP contribution < -0.4 is 5.01 Å². The second kappa shape index (κ2) is 8.39. The van der Waals surface area contributed by atoms with Crippen molar-refractivity contribution in [3.05, 3.63) is 66.4 Å². The van der Waals surface area contributed by atoms with Gasteiger partial charge in [0.05, 0.1) is 23.6 Å². The molecule has 0 aliphatic carbocycles. The van der Waals surface area contributed by atoms with E-state index in [4.69, 9.17) is 9.47 Å². The molecular weight excluding hydrogens is 434 g/mol. The second-order valence-electron chi connectivity index (χ2n) is 6.71. The third-order valence-electron chi connectivity index (χ3n) is 4.82. The highest BCUT2D eigenvalue weighted by molar-refractivity contribution is 7.90. The summed E-state index contributed by atoms with van der Waals surface area (Å²) in [7, 11) is -4.15. The molecule has 0 unspecified atom stereocenters. The summed E-state index contributed by atoms with van der Waals surface area (Å²) in [5.74, 6) is -0.0379. The van der Waals surface area contributed by atoms with Gasteiger partial charge in [-0.05, 0) is 38.1 Å². The third-order valence-corrected chi connectivity index (χ3v) is 6.54. The fourth-order valence-corrected chi connectivity index (χ4v) is 5.07. The zero-order chi connectivity index (χ0) is 22.9. The molecule has 0 N–H and O–H groups in total. The number of carbonyl (C=O) groups excluding carboxylic acids is 2. The van der Waals surface area contributed by atoms with Crippen LogP contribution in [0.15, 0.2) is 65.7 Å². The van der Waals surface area contributed by atoms with Crippen molar-refractivity contribution in [2.75, 3.05) is 18.2 Å². The number of aromatic nitrogens is 1. The summed E-state index contributed by atoms with van der Waals surface area (Å²) >= 11 is 0. The number of ether oxygens (including phenoxy) is 2. The van der Waals surface area contributed by atoms with E-state index in [1.165, 1.54) is 18.3 Å². The number of carbonyl (C=O) groups is 2. The number of rotatable bonds is 4. The predicted molar refractivity (Wildman–Crippen MR) is 118 cm³/mol. The van der Waals surface area contributed by atoms with Crippen LogP contribution in [0.3, 0.4) is 0 Å². The molecule has 2 aromatic carbocycles. The maximum Gasteiger partial charge on any atom is 0.435 e. The highest BCUT2D eigenvalue weighted by Crippen LogP contribution is 2.40. The summed E-state index contributed by atoms with van der Waals surface area (Å²) in [4.78, 5) is 25.6. The van der Waals surface area contributed by atoms with Gasteiger partial charge in [-0.25, -0.2) is 22.0 Å². The number of hydrogen-bond acceptors (Lipinski definition) is 6. The molecule has 1 aliphatic rings. The fourth-order valence-electron chi connectivity index (χ4n) is 3.53. The molecule has 0 saturated carbocycles. The Morgan fingerprint density at radius 1 is 0.875 bits per heavy atom. The maximum absolute atomic E-state index is 13.7. The molecular formula is C22H21N3O6S. The minimum Gasteiger partial charge on any atom is -0.448 e. The first-order chi connectivity index (χ1) is 15.4. The highest BCUT2D eigenvalue weighted by atomic mass is 32.2. The van der Waals surface area contributed by atoms with Gasteiger partial charge in [-0.3, -0.25) is 0 Å². The van der Waals surface area contributed by atoms with Crippen LogP contribution in [0.4, 0.5) is 15.4 Å². The van der Waals surface area contributed by atoms with Gasteiger partial charge < -0.3 is 9.47 Å². The Bertz CT molecular complexity index is 1310. The number of hydrogen-bond donors (Lipinski definition) is 0. The first-order valence-corrected chi connectivity index (χ1v) is 11.4. The van der Waals surface area contributed by atoms with E-state index in [9.17, 15) is 18.0 Å². The number of fused-ring (bicyclic) bond motifs is 3. The van der Waals surface area contributed by atoms with Gasteiger partial charge in [0.15, 0.2) is 5.82 Å². The van der Waals surface area contributed by atoms with Crippen LogP contribution in [0.1, 0.15) is 19.4 Å². The van der Waals surface area contributed by atoms with E-state index in [0.29, 0.717) is 16.5 Å². The molecule has 0 bridgehead atoms. The van der Waals surface area contributed by atoms with Crippen LogP contribution in [-0.4, -0.2) is 42.8 Å². The average molecular weight is 455 g/mol. The lowest BCUT2D eigenvalue weighted by molar-refractivity contribution is 0.107. The van der Waals surface area contributed by atoms with Crippen LogP contribution in [0.25, 0.3) is 17.0 Å². The minimum atomic E-state index is -4.15. The zero-order valence-corrected chi connectivity index (χ0v) is 18.3. The molecule has 2 heterocycles. The molecule has 0 saturated heterocycles.